The summed E-state index contributed by atoms with van der Waals surface area (Å²) in [5.74, 6) is 0.906. The van der Waals surface area contributed by atoms with Crippen molar-refractivity contribution in [1.82, 2.24) is 0 Å². The van der Waals surface area contributed by atoms with E-state index >= 15 is 0 Å². The molecule has 3 rings (SSSR count). The van der Waals surface area contributed by atoms with E-state index in [1.807, 2.05) is 0 Å². The molecule has 0 saturated heterocycles. The average Bonchev–Trinajstić information content (AvgIpc) is 2.59. The molecule has 25 heavy (non-hydrogen) atoms. The van der Waals surface area contributed by atoms with Crippen LogP contribution in [-0.2, 0) is 14.8 Å². The predicted octanol–water partition coefficient (Wildman–Crippen LogP) is 1.76. The highest BCUT2D eigenvalue weighted by Gasteiger charge is 2.11. The van der Waals surface area contributed by atoms with Gasteiger partial charge >= 0.3 is 0 Å². The van der Waals surface area contributed by atoms with Crippen molar-refractivity contribution >= 4 is 27.7 Å². The molecule has 130 valence electrons. The van der Waals surface area contributed by atoms with Crippen LogP contribution in [0.25, 0.3) is 6.08 Å². The first-order chi connectivity index (χ1) is 11.9. The van der Waals surface area contributed by atoms with Crippen LogP contribution in [0, 0.1) is 0 Å². The number of hydrogen-bond acceptors (Lipinski definition) is 5. The Kier molecular flexibility index (Phi) is 4.73. The average molecular weight is 360 g/mol. The molecule has 0 radical (unpaired) electrons. The molecule has 0 spiro atoms. The van der Waals surface area contributed by atoms with Crippen LogP contribution in [-0.4, -0.2) is 27.5 Å². The lowest BCUT2D eigenvalue weighted by atomic mass is 10.2. The maximum Gasteiger partial charge on any atom is 0.248 e. The Balaban J connectivity index is 1.69. The van der Waals surface area contributed by atoms with Crippen molar-refractivity contribution < 1.29 is 22.7 Å². The largest absolute Gasteiger partial charge is 0.486 e. The van der Waals surface area contributed by atoms with Gasteiger partial charge in [-0.1, -0.05) is 12.1 Å². The monoisotopic (exact) mass is 360 g/mol. The summed E-state index contributed by atoms with van der Waals surface area (Å²) in [6, 6.07) is 11.1. The van der Waals surface area contributed by atoms with E-state index in [9.17, 15) is 13.2 Å². The topological polar surface area (TPSA) is 108 Å². The Morgan fingerprint density at radius 2 is 1.84 bits per heavy atom. The van der Waals surface area contributed by atoms with E-state index in [0.29, 0.717) is 30.4 Å². The normalized spacial score (nSPS) is 13.6. The fraction of sp³-hybridized carbons (Fsp3) is 0.118. The summed E-state index contributed by atoms with van der Waals surface area (Å²) in [7, 11) is -3.82. The van der Waals surface area contributed by atoms with E-state index in [4.69, 9.17) is 14.6 Å². The molecule has 7 nitrogen and oxygen atoms in total. The molecule has 0 fully saturated rings. The Bertz CT molecular complexity index is 938. The van der Waals surface area contributed by atoms with Gasteiger partial charge in [0.05, 0.1) is 4.90 Å². The molecule has 1 aliphatic heterocycles. The van der Waals surface area contributed by atoms with Crippen molar-refractivity contribution in [3.63, 3.8) is 0 Å². The first-order valence-electron chi connectivity index (χ1n) is 7.43. The molecule has 3 N–H and O–H groups in total. The highest BCUT2D eigenvalue weighted by atomic mass is 32.2. The number of ether oxygens (including phenoxy) is 2. The number of nitrogens with two attached hydrogens (primary N) is 1. The fourth-order valence-corrected chi connectivity index (χ4v) is 2.83. The summed E-state index contributed by atoms with van der Waals surface area (Å²) in [6.07, 6.45) is 2.96. The highest BCUT2D eigenvalue weighted by molar-refractivity contribution is 7.89. The van der Waals surface area contributed by atoms with Gasteiger partial charge in [0, 0.05) is 11.8 Å². The molecule has 0 atom stereocenters. The van der Waals surface area contributed by atoms with Crippen LogP contribution in [0.15, 0.2) is 53.4 Å². The van der Waals surface area contributed by atoms with Gasteiger partial charge in [-0.25, -0.2) is 13.6 Å². The van der Waals surface area contributed by atoms with Crippen molar-refractivity contribution in [3.8, 4) is 11.5 Å². The third-order valence-corrected chi connectivity index (χ3v) is 4.33. The number of sulfonamides is 1. The zero-order valence-electron chi connectivity index (χ0n) is 13.1. The zero-order valence-corrected chi connectivity index (χ0v) is 14.0. The van der Waals surface area contributed by atoms with Crippen LogP contribution in [0.5, 0.6) is 11.5 Å². The predicted molar refractivity (Wildman–Crippen MR) is 92.9 cm³/mol. The first kappa shape index (κ1) is 17.0. The van der Waals surface area contributed by atoms with Crippen LogP contribution in [0.3, 0.4) is 0 Å². The Labute approximate surface area is 145 Å². The number of amides is 1. The van der Waals surface area contributed by atoms with Crippen LogP contribution < -0.4 is 19.9 Å². The molecular weight excluding hydrogens is 344 g/mol. The minimum absolute atomic E-state index is 0.0684. The zero-order chi connectivity index (χ0) is 17.9. The number of anilines is 1. The third-order valence-electron chi connectivity index (χ3n) is 3.42. The third kappa shape index (κ3) is 4.37. The summed E-state index contributed by atoms with van der Waals surface area (Å²) < 4.78 is 33.6. The second-order valence-corrected chi connectivity index (χ2v) is 6.86. The van der Waals surface area contributed by atoms with Crippen LogP contribution in [0.2, 0.25) is 0 Å². The lowest BCUT2D eigenvalue weighted by Crippen LogP contribution is -2.15. The van der Waals surface area contributed by atoms with Crippen LogP contribution >= 0.6 is 0 Å². The minimum Gasteiger partial charge on any atom is -0.486 e. The number of nitrogens with one attached hydrogen (secondary N) is 1. The number of benzene rings is 2. The second-order valence-electron chi connectivity index (χ2n) is 5.30. The van der Waals surface area contributed by atoms with Crippen molar-refractivity contribution in [2.24, 2.45) is 5.14 Å². The lowest BCUT2D eigenvalue weighted by molar-refractivity contribution is -0.111. The highest BCUT2D eigenvalue weighted by Crippen LogP contribution is 2.31. The molecule has 0 bridgehead atoms. The maximum atomic E-state index is 12.0. The van der Waals surface area contributed by atoms with E-state index in [0.717, 1.165) is 5.56 Å². The SMILES string of the molecule is NS(=O)(=O)c1cccc(NC(=O)/C=C/c2ccc3c(c2)OCCO3)c1. The van der Waals surface area contributed by atoms with E-state index in [1.165, 1.54) is 24.3 Å². The molecule has 1 amide bonds. The summed E-state index contributed by atoms with van der Waals surface area (Å²) in [4.78, 5) is 11.9. The Hall–Kier alpha value is -2.84. The lowest BCUT2D eigenvalue weighted by Gasteiger charge is -2.18. The van der Waals surface area contributed by atoms with E-state index < -0.39 is 15.9 Å². The number of carbonyl (C=O) groups excluding carboxylic acids is 1. The molecule has 0 saturated carbocycles. The van der Waals surface area contributed by atoms with Gasteiger partial charge in [-0.15, -0.1) is 0 Å². The van der Waals surface area contributed by atoms with Gasteiger partial charge < -0.3 is 14.8 Å². The number of rotatable bonds is 4. The van der Waals surface area contributed by atoms with Gasteiger partial charge in [-0.05, 0) is 42.0 Å². The smallest absolute Gasteiger partial charge is 0.248 e. The molecule has 0 aliphatic carbocycles. The summed E-state index contributed by atoms with van der Waals surface area (Å²) in [5, 5.41) is 7.66. The quantitative estimate of drug-likeness (QED) is 0.808. The van der Waals surface area contributed by atoms with Gasteiger partial charge in [-0.3, -0.25) is 4.79 Å². The Morgan fingerprint density at radius 1 is 1.08 bits per heavy atom. The molecule has 8 heteroatoms. The van der Waals surface area contributed by atoms with Gasteiger partial charge in [0.25, 0.3) is 0 Å². The minimum atomic E-state index is -3.82. The van der Waals surface area contributed by atoms with Crippen LogP contribution in [0.1, 0.15) is 5.56 Å². The number of primary sulfonamides is 1. The molecule has 2 aromatic rings. The molecule has 1 aliphatic rings. The van der Waals surface area contributed by atoms with Crippen LogP contribution in [0.4, 0.5) is 5.69 Å². The molecule has 0 aromatic heterocycles. The first-order valence-corrected chi connectivity index (χ1v) is 8.98. The van der Waals surface area contributed by atoms with Crippen molar-refractivity contribution in [3.05, 3.63) is 54.1 Å². The van der Waals surface area contributed by atoms with E-state index in [-0.39, 0.29) is 4.90 Å². The van der Waals surface area contributed by atoms with Gasteiger partial charge in [0.15, 0.2) is 11.5 Å². The van der Waals surface area contributed by atoms with Gasteiger partial charge in [0.1, 0.15) is 13.2 Å². The maximum absolute atomic E-state index is 12.0. The van der Waals surface area contributed by atoms with Crippen molar-refractivity contribution in [2.75, 3.05) is 18.5 Å². The fourth-order valence-electron chi connectivity index (χ4n) is 2.27. The number of hydrogen-bond donors (Lipinski definition) is 2. The summed E-state index contributed by atoms with van der Waals surface area (Å²) in [5.41, 5.74) is 1.11. The molecule has 1 heterocycles. The van der Waals surface area contributed by atoms with E-state index in [2.05, 4.69) is 5.32 Å². The van der Waals surface area contributed by atoms with Crippen molar-refractivity contribution in [2.45, 2.75) is 4.90 Å². The number of carbonyl (C=O) groups is 1. The van der Waals surface area contributed by atoms with Gasteiger partial charge in [0.2, 0.25) is 15.9 Å². The second kappa shape index (κ2) is 6.96. The van der Waals surface area contributed by atoms with E-state index in [1.54, 1.807) is 30.3 Å². The summed E-state index contributed by atoms with van der Waals surface area (Å²) in [6.45, 7) is 1.00. The molecule has 0 unspecified atom stereocenters. The molecule has 2 aromatic carbocycles. The summed E-state index contributed by atoms with van der Waals surface area (Å²) >= 11 is 0. The van der Waals surface area contributed by atoms with Gasteiger partial charge in [-0.2, -0.15) is 0 Å². The standard InChI is InChI=1S/C17H16N2O5S/c18-25(21,22)14-3-1-2-13(11-14)19-17(20)7-5-12-4-6-15-16(10-12)24-9-8-23-15/h1-7,10-11H,8-9H2,(H,19,20)(H2,18,21,22)/b7-5+. The number of fused-ring (bicyclic) bond motifs is 1. The molecular formula is C17H16N2O5S. The van der Waals surface area contributed by atoms with Crippen molar-refractivity contribution in [1.29, 1.82) is 0 Å². The Morgan fingerprint density at radius 3 is 2.60 bits per heavy atom.